The zero-order valence-corrected chi connectivity index (χ0v) is 8.84. The van der Waals surface area contributed by atoms with Crippen molar-refractivity contribution in [1.82, 2.24) is 4.31 Å². The van der Waals surface area contributed by atoms with Gasteiger partial charge in [-0.05, 0) is 12.8 Å². The highest BCUT2D eigenvalue weighted by Crippen LogP contribution is 2.10. The molecule has 0 radical (unpaired) electrons. The third-order valence-corrected chi connectivity index (χ3v) is 2.75. The van der Waals surface area contributed by atoms with E-state index in [9.17, 15) is 0 Å². The first-order chi connectivity index (χ1) is 5.22. The molecule has 0 atom stereocenters. The molecule has 1 N–H and O–H groups in total. The Bertz CT molecular complexity index is 117. The topological polar surface area (TPSA) is 27.1 Å². The third-order valence-electron chi connectivity index (χ3n) is 1.11. The maximum absolute atomic E-state index is 7.51. The van der Waals surface area contributed by atoms with Crippen molar-refractivity contribution in [2.75, 3.05) is 12.3 Å². The van der Waals surface area contributed by atoms with Gasteiger partial charge in [-0.1, -0.05) is 38.4 Å². The molecule has 0 rings (SSSR count). The van der Waals surface area contributed by atoms with E-state index in [4.69, 9.17) is 5.41 Å². The van der Waals surface area contributed by atoms with Crippen molar-refractivity contribution in [3.05, 3.63) is 0 Å². The van der Waals surface area contributed by atoms with E-state index in [1.165, 1.54) is 0 Å². The molecule has 0 aliphatic rings. The van der Waals surface area contributed by atoms with E-state index >= 15 is 0 Å². The van der Waals surface area contributed by atoms with Gasteiger partial charge in [0, 0.05) is 12.3 Å². The summed E-state index contributed by atoms with van der Waals surface area (Å²) in [7, 11) is 0. The molecule has 0 unspecified atom stereocenters. The number of thioether (sulfide) groups is 1. The molecule has 11 heavy (non-hydrogen) atoms. The molecule has 2 nitrogen and oxygen atoms in total. The summed E-state index contributed by atoms with van der Waals surface area (Å²) in [6.45, 7) is 5.06. The summed E-state index contributed by atoms with van der Waals surface area (Å²) >= 11 is 5.72. The van der Waals surface area contributed by atoms with E-state index in [2.05, 4.69) is 26.7 Å². The van der Waals surface area contributed by atoms with Gasteiger partial charge in [0.25, 0.3) is 0 Å². The molecule has 0 aromatic heterocycles. The van der Waals surface area contributed by atoms with E-state index in [1.54, 1.807) is 16.1 Å². The van der Waals surface area contributed by atoms with Gasteiger partial charge in [-0.25, -0.2) is 0 Å². The van der Waals surface area contributed by atoms with E-state index in [0.717, 1.165) is 25.1 Å². The molecular weight excluding hydrogens is 176 g/mol. The SMILES string of the molecule is CCCSC(=N)N(S)CCC. The lowest BCUT2D eigenvalue weighted by molar-refractivity contribution is 0.666. The Hall–Kier alpha value is 0.170. The van der Waals surface area contributed by atoms with Gasteiger partial charge in [-0.15, -0.1) is 0 Å². The minimum atomic E-state index is 0.567. The lowest BCUT2D eigenvalue weighted by Gasteiger charge is -2.15. The highest BCUT2D eigenvalue weighted by Gasteiger charge is 2.02. The molecule has 0 saturated carbocycles. The molecule has 4 heteroatoms. The van der Waals surface area contributed by atoms with Crippen LogP contribution in [0.2, 0.25) is 0 Å². The number of nitrogens with one attached hydrogen (secondary N) is 1. The summed E-state index contributed by atoms with van der Waals surface area (Å²) in [4.78, 5) is 0. The fourth-order valence-corrected chi connectivity index (χ4v) is 1.60. The van der Waals surface area contributed by atoms with Crippen LogP contribution in [0.1, 0.15) is 26.7 Å². The lowest BCUT2D eigenvalue weighted by atomic mass is 10.5. The van der Waals surface area contributed by atoms with Gasteiger partial charge in [0.1, 0.15) is 0 Å². The smallest absolute Gasteiger partial charge is 0.166 e. The van der Waals surface area contributed by atoms with Crippen LogP contribution in [0.3, 0.4) is 0 Å². The van der Waals surface area contributed by atoms with Gasteiger partial charge in [-0.2, -0.15) is 0 Å². The Morgan fingerprint density at radius 1 is 1.45 bits per heavy atom. The summed E-state index contributed by atoms with van der Waals surface area (Å²) in [5.41, 5.74) is 0. The predicted molar refractivity (Wildman–Crippen MR) is 56.5 cm³/mol. The van der Waals surface area contributed by atoms with Crippen molar-refractivity contribution in [3.63, 3.8) is 0 Å². The van der Waals surface area contributed by atoms with Gasteiger partial charge < -0.3 is 0 Å². The third kappa shape index (κ3) is 5.44. The molecular formula is C7H16N2S2. The lowest BCUT2D eigenvalue weighted by Crippen LogP contribution is -2.18. The minimum Gasteiger partial charge on any atom is -0.298 e. The number of hydrogen-bond acceptors (Lipinski definition) is 3. The Labute approximate surface area is 78.8 Å². The zero-order chi connectivity index (χ0) is 8.69. The number of rotatable bonds is 4. The van der Waals surface area contributed by atoms with Crippen molar-refractivity contribution in [2.24, 2.45) is 0 Å². The van der Waals surface area contributed by atoms with Gasteiger partial charge in [-0.3, -0.25) is 9.71 Å². The van der Waals surface area contributed by atoms with Gasteiger partial charge >= 0.3 is 0 Å². The molecule has 0 fully saturated rings. The largest absolute Gasteiger partial charge is 0.298 e. The molecule has 0 amide bonds. The maximum Gasteiger partial charge on any atom is 0.166 e. The Balaban J connectivity index is 3.47. The molecule has 0 bridgehead atoms. The van der Waals surface area contributed by atoms with Crippen LogP contribution in [-0.2, 0) is 0 Å². The number of thiol groups is 1. The minimum absolute atomic E-state index is 0.567. The van der Waals surface area contributed by atoms with Crippen LogP contribution >= 0.6 is 24.6 Å². The van der Waals surface area contributed by atoms with Crippen LogP contribution < -0.4 is 0 Å². The molecule has 0 heterocycles. The molecule has 0 aromatic carbocycles. The number of nitrogens with zero attached hydrogens (tertiary/aromatic N) is 1. The normalized spacial score (nSPS) is 9.73. The molecule has 0 spiro atoms. The molecule has 0 saturated heterocycles. The van der Waals surface area contributed by atoms with E-state index in [0.29, 0.717) is 5.17 Å². The van der Waals surface area contributed by atoms with E-state index < -0.39 is 0 Å². The second-order valence-electron chi connectivity index (χ2n) is 2.28. The Morgan fingerprint density at radius 2 is 2.09 bits per heavy atom. The van der Waals surface area contributed by atoms with Gasteiger partial charge in [0.15, 0.2) is 5.17 Å². The molecule has 0 aromatic rings. The predicted octanol–water partition coefficient (Wildman–Crippen LogP) is 2.62. The second kappa shape index (κ2) is 6.85. The first-order valence-electron chi connectivity index (χ1n) is 3.90. The van der Waals surface area contributed by atoms with E-state index in [1.807, 2.05) is 0 Å². The monoisotopic (exact) mass is 192 g/mol. The summed E-state index contributed by atoms with van der Waals surface area (Å²) in [5.74, 6) is 1.01. The van der Waals surface area contributed by atoms with Crippen LogP contribution in [0.25, 0.3) is 0 Å². The Kier molecular flexibility index (Phi) is 6.96. The summed E-state index contributed by atoms with van der Waals surface area (Å²) in [6.07, 6.45) is 2.15. The number of amidine groups is 1. The fraction of sp³-hybridized carbons (Fsp3) is 0.857. The van der Waals surface area contributed by atoms with Crippen molar-refractivity contribution < 1.29 is 0 Å². The first kappa shape index (κ1) is 11.2. The highest BCUT2D eigenvalue weighted by molar-refractivity contribution is 8.14. The van der Waals surface area contributed by atoms with Crippen LogP contribution in [0.15, 0.2) is 0 Å². The average molecular weight is 192 g/mol. The molecule has 0 aliphatic heterocycles. The number of hydrogen-bond donors (Lipinski definition) is 2. The quantitative estimate of drug-likeness (QED) is 0.407. The Morgan fingerprint density at radius 3 is 2.55 bits per heavy atom. The summed E-state index contributed by atoms with van der Waals surface area (Å²) in [5, 5.41) is 8.08. The maximum atomic E-state index is 7.51. The van der Waals surface area contributed by atoms with E-state index in [-0.39, 0.29) is 0 Å². The second-order valence-corrected chi connectivity index (χ2v) is 3.84. The van der Waals surface area contributed by atoms with Crippen molar-refractivity contribution >= 4 is 29.7 Å². The highest BCUT2D eigenvalue weighted by atomic mass is 32.2. The summed E-state index contributed by atoms with van der Waals surface area (Å²) in [6, 6.07) is 0. The van der Waals surface area contributed by atoms with Crippen molar-refractivity contribution in [1.29, 1.82) is 5.41 Å². The van der Waals surface area contributed by atoms with Crippen molar-refractivity contribution in [2.45, 2.75) is 26.7 Å². The average Bonchev–Trinajstić information content (AvgIpc) is 2.00. The summed E-state index contributed by atoms with van der Waals surface area (Å²) < 4.78 is 1.69. The molecule has 66 valence electrons. The fourth-order valence-electron chi connectivity index (χ4n) is 0.587. The first-order valence-corrected chi connectivity index (χ1v) is 5.28. The van der Waals surface area contributed by atoms with Gasteiger partial charge in [0.05, 0.1) is 0 Å². The van der Waals surface area contributed by atoms with Crippen LogP contribution in [0, 0.1) is 5.41 Å². The van der Waals surface area contributed by atoms with Crippen LogP contribution in [0.5, 0.6) is 0 Å². The van der Waals surface area contributed by atoms with Gasteiger partial charge in [0.2, 0.25) is 0 Å². The zero-order valence-electron chi connectivity index (χ0n) is 7.13. The van der Waals surface area contributed by atoms with Crippen molar-refractivity contribution in [3.8, 4) is 0 Å². The van der Waals surface area contributed by atoms with Crippen LogP contribution in [-0.4, -0.2) is 21.8 Å². The standard InChI is InChI=1S/C7H16N2S2/c1-3-5-9(10)7(8)11-6-4-2/h8,10H,3-6H2,1-2H3. The van der Waals surface area contributed by atoms with Crippen LogP contribution in [0.4, 0.5) is 0 Å². The molecule has 0 aliphatic carbocycles.